The number of benzene rings is 1. The van der Waals surface area contributed by atoms with Crippen molar-refractivity contribution in [2.24, 2.45) is 11.8 Å². The Balaban J connectivity index is 1.57. The number of aliphatic hydroxyl groups is 1. The van der Waals surface area contributed by atoms with Crippen LogP contribution in [0.25, 0.3) is 0 Å². The van der Waals surface area contributed by atoms with E-state index >= 15 is 0 Å². The van der Waals surface area contributed by atoms with Crippen molar-refractivity contribution in [3.8, 4) is 5.75 Å². The minimum atomic E-state index is -4.75. The largest absolute Gasteiger partial charge is 0.573 e. The van der Waals surface area contributed by atoms with E-state index in [0.717, 1.165) is 19.3 Å². The number of nitrogens with zero attached hydrogens (tertiary/aromatic N) is 1. The zero-order chi connectivity index (χ0) is 27.8. The van der Waals surface area contributed by atoms with Crippen molar-refractivity contribution >= 4 is 17.5 Å². The number of hydrogen-bond donors (Lipinski definition) is 3. The molecule has 38 heavy (non-hydrogen) atoms. The van der Waals surface area contributed by atoms with Crippen LogP contribution in [0.5, 0.6) is 5.75 Å². The van der Waals surface area contributed by atoms with Crippen LogP contribution in [-0.4, -0.2) is 72.7 Å². The van der Waals surface area contributed by atoms with E-state index in [1.54, 1.807) is 4.90 Å². The number of ether oxygens (including phenoxy) is 2. The van der Waals surface area contributed by atoms with Crippen molar-refractivity contribution in [1.82, 2.24) is 10.2 Å². The van der Waals surface area contributed by atoms with Gasteiger partial charge in [-0.15, -0.1) is 13.2 Å². The zero-order valence-electron chi connectivity index (χ0n) is 22.2. The smallest absolute Gasteiger partial charge is 0.406 e. The predicted octanol–water partition coefficient (Wildman–Crippen LogP) is 4.09. The monoisotopic (exact) mass is 543 g/mol. The fourth-order valence-electron chi connectivity index (χ4n) is 5.28. The van der Waals surface area contributed by atoms with Gasteiger partial charge < -0.3 is 30.1 Å². The summed E-state index contributed by atoms with van der Waals surface area (Å²) in [5.74, 6) is -0.944. The second-order valence-electron chi connectivity index (χ2n) is 10.5. The van der Waals surface area contributed by atoms with Gasteiger partial charge in [-0.05, 0) is 62.8 Å². The molecule has 0 aromatic heterocycles. The first-order chi connectivity index (χ1) is 18.0. The van der Waals surface area contributed by atoms with E-state index in [0.29, 0.717) is 57.8 Å². The highest BCUT2D eigenvalue weighted by Gasteiger charge is 2.36. The van der Waals surface area contributed by atoms with E-state index in [2.05, 4.69) is 15.4 Å². The van der Waals surface area contributed by atoms with Crippen molar-refractivity contribution in [2.45, 2.75) is 76.8 Å². The molecule has 1 unspecified atom stereocenters. The number of alkyl halides is 3. The highest BCUT2D eigenvalue weighted by Crippen LogP contribution is 2.38. The Kier molecular flexibility index (Phi) is 10.7. The van der Waals surface area contributed by atoms with Gasteiger partial charge in [-0.2, -0.15) is 0 Å². The molecule has 1 saturated carbocycles. The van der Waals surface area contributed by atoms with Crippen molar-refractivity contribution in [3.63, 3.8) is 0 Å². The van der Waals surface area contributed by atoms with Gasteiger partial charge in [-0.25, -0.2) is 0 Å². The van der Waals surface area contributed by atoms with E-state index in [1.807, 2.05) is 13.8 Å². The van der Waals surface area contributed by atoms with Crippen LogP contribution in [-0.2, 0) is 14.3 Å². The lowest BCUT2D eigenvalue weighted by atomic mass is 9.73. The second kappa shape index (κ2) is 13.5. The highest BCUT2D eigenvalue weighted by atomic mass is 19.4. The number of halogens is 3. The van der Waals surface area contributed by atoms with Crippen LogP contribution in [0.3, 0.4) is 0 Å². The molecule has 2 fully saturated rings. The summed E-state index contributed by atoms with van der Waals surface area (Å²) in [6.45, 7) is 6.14. The molecule has 4 atom stereocenters. The molecule has 0 spiro atoms. The lowest BCUT2D eigenvalue weighted by Crippen LogP contribution is -2.45. The summed E-state index contributed by atoms with van der Waals surface area (Å²) in [5, 5.41) is 16.9. The molecule has 2 aliphatic rings. The number of amides is 2. The molecule has 1 heterocycles. The number of carbonyl (C=O) groups excluding carboxylic acids is 2. The van der Waals surface area contributed by atoms with Crippen molar-refractivity contribution in [1.29, 1.82) is 0 Å². The third kappa shape index (κ3) is 9.65. The summed E-state index contributed by atoms with van der Waals surface area (Å²) in [6.07, 6.45) is -0.241. The first kappa shape index (κ1) is 30.0. The normalized spacial score (nSPS) is 23.8. The van der Waals surface area contributed by atoms with Crippen LogP contribution in [0.2, 0.25) is 0 Å². The maximum Gasteiger partial charge on any atom is 0.573 e. The van der Waals surface area contributed by atoms with Gasteiger partial charge in [0.15, 0.2) is 0 Å². The molecular formula is C27H40F3N3O5. The average Bonchev–Trinajstić information content (AvgIpc) is 2.87. The summed E-state index contributed by atoms with van der Waals surface area (Å²) in [6, 6.07) is 5.07. The Morgan fingerprint density at radius 3 is 2.55 bits per heavy atom. The maximum atomic E-state index is 13.3. The third-order valence-corrected chi connectivity index (χ3v) is 7.44. The van der Waals surface area contributed by atoms with Crippen molar-refractivity contribution < 1.29 is 37.3 Å². The molecule has 1 saturated heterocycles. The van der Waals surface area contributed by atoms with Crippen molar-refractivity contribution in [3.05, 3.63) is 24.3 Å². The van der Waals surface area contributed by atoms with E-state index in [-0.39, 0.29) is 35.9 Å². The Bertz CT molecular complexity index is 908. The summed E-state index contributed by atoms with van der Waals surface area (Å²) in [4.78, 5) is 28.1. The number of anilines is 1. The molecule has 1 aliphatic carbocycles. The quantitative estimate of drug-likeness (QED) is 0.389. The number of carbonyl (C=O) groups is 2. The Morgan fingerprint density at radius 2 is 1.92 bits per heavy atom. The van der Waals surface area contributed by atoms with Crippen LogP contribution in [0.1, 0.15) is 58.8 Å². The first-order valence-corrected chi connectivity index (χ1v) is 13.4. The topological polar surface area (TPSA) is 100 Å². The number of hydrogen-bond acceptors (Lipinski definition) is 6. The Hall–Kier alpha value is -2.53. The fraction of sp³-hybridized carbons (Fsp3) is 0.704. The summed E-state index contributed by atoms with van der Waals surface area (Å²) in [7, 11) is 0. The van der Waals surface area contributed by atoms with E-state index < -0.39 is 17.9 Å². The molecular weight excluding hydrogens is 503 g/mol. The zero-order valence-corrected chi connectivity index (χ0v) is 22.2. The van der Waals surface area contributed by atoms with E-state index in [9.17, 15) is 27.9 Å². The molecule has 0 bridgehead atoms. The minimum absolute atomic E-state index is 0.0676. The van der Waals surface area contributed by atoms with Gasteiger partial charge in [0, 0.05) is 43.7 Å². The van der Waals surface area contributed by atoms with Gasteiger partial charge in [-0.1, -0.05) is 19.8 Å². The lowest BCUT2D eigenvalue weighted by Gasteiger charge is -2.37. The van der Waals surface area contributed by atoms with Crippen LogP contribution < -0.4 is 15.4 Å². The van der Waals surface area contributed by atoms with Crippen LogP contribution in [0.4, 0.5) is 18.9 Å². The van der Waals surface area contributed by atoms with Gasteiger partial charge in [0.2, 0.25) is 11.8 Å². The Morgan fingerprint density at radius 1 is 1.24 bits per heavy atom. The van der Waals surface area contributed by atoms with E-state index in [1.165, 1.54) is 24.3 Å². The van der Waals surface area contributed by atoms with Gasteiger partial charge in [0.05, 0.1) is 18.8 Å². The molecule has 1 aromatic carbocycles. The summed E-state index contributed by atoms with van der Waals surface area (Å²) >= 11 is 0. The van der Waals surface area contributed by atoms with Gasteiger partial charge in [-0.3, -0.25) is 9.59 Å². The van der Waals surface area contributed by atoms with Gasteiger partial charge in [0.1, 0.15) is 5.75 Å². The standard InChI is InChI=1S/C27H40F3N3O5/c1-3-26(36)10-4-5-20(17-26)15-21(16-24(34)33-11-13-37-14-12-33)25(35)32-19(2)18-31-22-6-8-23(9-7-22)38-27(28,29)30/h6-9,19-21,31,36H,3-5,10-18H2,1-2H3,(H,32,35)/t19-,20-,21+,26?/m0/s1. The summed E-state index contributed by atoms with van der Waals surface area (Å²) < 4.78 is 46.3. The molecule has 214 valence electrons. The number of rotatable bonds is 11. The number of nitrogens with one attached hydrogen (secondary N) is 2. The third-order valence-electron chi connectivity index (χ3n) is 7.44. The van der Waals surface area contributed by atoms with Crippen LogP contribution in [0.15, 0.2) is 24.3 Å². The van der Waals surface area contributed by atoms with Crippen LogP contribution >= 0.6 is 0 Å². The van der Waals surface area contributed by atoms with Crippen LogP contribution in [0, 0.1) is 11.8 Å². The molecule has 1 aromatic rings. The highest BCUT2D eigenvalue weighted by molar-refractivity contribution is 5.86. The molecule has 3 rings (SSSR count). The SMILES string of the molecule is CCC1(O)CCC[C@@H](C[C@H](CC(=O)N2CCOCC2)C(=O)N[C@@H](C)CNc2ccc(OC(F)(F)F)cc2)C1. The second-order valence-corrected chi connectivity index (χ2v) is 10.5. The summed E-state index contributed by atoms with van der Waals surface area (Å²) in [5.41, 5.74) is -0.128. The molecule has 2 amide bonds. The lowest BCUT2D eigenvalue weighted by molar-refractivity contribution is -0.274. The average molecular weight is 544 g/mol. The first-order valence-electron chi connectivity index (χ1n) is 13.4. The van der Waals surface area contributed by atoms with E-state index in [4.69, 9.17) is 4.74 Å². The fourth-order valence-corrected chi connectivity index (χ4v) is 5.28. The molecule has 1 aliphatic heterocycles. The maximum absolute atomic E-state index is 13.3. The minimum Gasteiger partial charge on any atom is -0.406 e. The van der Waals surface area contributed by atoms with Crippen molar-refractivity contribution in [2.75, 3.05) is 38.2 Å². The molecule has 8 nitrogen and oxygen atoms in total. The van der Waals surface area contributed by atoms with Gasteiger partial charge in [0.25, 0.3) is 0 Å². The predicted molar refractivity (Wildman–Crippen MR) is 137 cm³/mol. The molecule has 0 radical (unpaired) electrons. The number of morpholine rings is 1. The molecule has 11 heteroatoms. The Labute approximate surface area is 222 Å². The molecule has 3 N–H and O–H groups in total. The van der Waals surface area contributed by atoms with Gasteiger partial charge >= 0.3 is 6.36 Å².